The monoisotopic (exact) mass is 215 g/mol. The topological polar surface area (TPSA) is 9.23 Å². The molecule has 2 heteroatoms. The van der Waals surface area contributed by atoms with Crippen LogP contribution in [0.25, 0.3) is 0 Å². The van der Waals surface area contributed by atoms with E-state index in [4.69, 9.17) is 4.74 Å². The number of rotatable bonds is 2. The van der Waals surface area contributed by atoms with E-state index in [1.807, 2.05) is 48.5 Å². The van der Waals surface area contributed by atoms with Gasteiger partial charge in [0.05, 0.1) is 0 Å². The Balaban J connectivity index is 2.30. The molecule has 0 atom stereocenters. The van der Waals surface area contributed by atoms with Gasteiger partial charge in [-0.25, -0.2) is 0 Å². The molecule has 0 aliphatic carbocycles. The first-order valence-corrected chi connectivity index (χ1v) is 5.09. The van der Waals surface area contributed by atoms with Crippen LogP contribution in [-0.2, 0) is 0 Å². The van der Waals surface area contributed by atoms with Crippen LogP contribution in [0.2, 0.25) is 0 Å². The number of hydrogen-bond acceptors (Lipinski definition) is 2. The number of benzene rings is 2. The Hall–Kier alpha value is -1.41. The molecule has 0 saturated heterocycles. The molecule has 2 aromatic rings. The summed E-state index contributed by atoms with van der Waals surface area (Å²) in [6, 6.07) is 15.3. The maximum atomic E-state index is 5.70. The Morgan fingerprint density at radius 1 is 0.867 bits per heavy atom. The SMILES string of the molecule is [CH2]c1ccccc1Oc1ccccc1S. The van der Waals surface area contributed by atoms with Crippen LogP contribution in [0.1, 0.15) is 5.56 Å². The maximum absolute atomic E-state index is 5.70. The lowest BCUT2D eigenvalue weighted by molar-refractivity contribution is 0.469. The summed E-state index contributed by atoms with van der Waals surface area (Å²) in [5.41, 5.74) is 0.870. The van der Waals surface area contributed by atoms with Crippen LogP contribution in [0.5, 0.6) is 11.5 Å². The van der Waals surface area contributed by atoms with Crippen molar-refractivity contribution in [3.63, 3.8) is 0 Å². The van der Waals surface area contributed by atoms with Crippen LogP contribution in [0.15, 0.2) is 53.4 Å². The number of thiol groups is 1. The van der Waals surface area contributed by atoms with Crippen molar-refractivity contribution in [2.24, 2.45) is 0 Å². The molecule has 15 heavy (non-hydrogen) atoms. The van der Waals surface area contributed by atoms with Gasteiger partial charge in [-0.3, -0.25) is 0 Å². The van der Waals surface area contributed by atoms with Gasteiger partial charge in [-0.1, -0.05) is 30.3 Å². The van der Waals surface area contributed by atoms with Gasteiger partial charge in [-0.05, 0) is 30.7 Å². The first-order chi connectivity index (χ1) is 7.27. The predicted molar refractivity (Wildman–Crippen MR) is 64.7 cm³/mol. The zero-order chi connectivity index (χ0) is 10.7. The molecule has 0 aliphatic rings. The van der Waals surface area contributed by atoms with Crippen molar-refractivity contribution in [1.82, 2.24) is 0 Å². The molecule has 0 spiro atoms. The van der Waals surface area contributed by atoms with E-state index in [1.54, 1.807) is 0 Å². The standard InChI is InChI=1S/C13H11OS/c1-10-6-2-3-7-11(10)14-12-8-4-5-9-13(12)15/h2-9,15H,1H2. The molecule has 0 heterocycles. The van der Waals surface area contributed by atoms with E-state index in [0.29, 0.717) is 0 Å². The third kappa shape index (κ3) is 2.34. The van der Waals surface area contributed by atoms with Gasteiger partial charge in [-0.15, -0.1) is 12.6 Å². The highest BCUT2D eigenvalue weighted by molar-refractivity contribution is 7.80. The van der Waals surface area contributed by atoms with Crippen LogP contribution >= 0.6 is 12.6 Å². The Kier molecular flexibility index (Phi) is 2.97. The highest BCUT2D eigenvalue weighted by Crippen LogP contribution is 2.29. The van der Waals surface area contributed by atoms with E-state index in [-0.39, 0.29) is 0 Å². The summed E-state index contributed by atoms with van der Waals surface area (Å²) in [5.74, 6) is 1.51. The third-order valence-corrected chi connectivity index (χ3v) is 2.43. The summed E-state index contributed by atoms with van der Waals surface area (Å²) >= 11 is 4.32. The van der Waals surface area contributed by atoms with E-state index >= 15 is 0 Å². The molecule has 75 valence electrons. The van der Waals surface area contributed by atoms with E-state index in [1.165, 1.54) is 0 Å². The quantitative estimate of drug-likeness (QED) is 0.746. The lowest BCUT2D eigenvalue weighted by atomic mass is 10.2. The second-order valence-electron chi connectivity index (χ2n) is 3.18. The van der Waals surface area contributed by atoms with Gasteiger partial charge in [0.1, 0.15) is 11.5 Å². The molecular weight excluding hydrogens is 204 g/mol. The lowest BCUT2D eigenvalue weighted by Crippen LogP contribution is -1.87. The maximum Gasteiger partial charge on any atom is 0.140 e. The van der Waals surface area contributed by atoms with E-state index in [9.17, 15) is 0 Å². The van der Waals surface area contributed by atoms with Crippen molar-refractivity contribution in [2.45, 2.75) is 4.90 Å². The number of hydrogen-bond donors (Lipinski definition) is 1. The zero-order valence-corrected chi connectivity index (χ0v) is 9.08. The predicted octanol–water partition coefficient (Wildman–Crippen LogP) is 3.95. The summed E-state index contributed by atoms with van der Waals surface area (Å²) in [6.07, 6.45) is 0. The van der Waals surface area contributed by atoms with Crippen molar-refractivity contribution in [2.75, 3.05) is 0 Å². The molecular formula is C13H11OS. The molecule has 0 saturated carbocycles. The molecule has 0 unspecified atom stereocenters. The molecule has 0 amide bonds. The summed E-state index contributed by atoms with van der Waals surface area (Å²) in [7, 11) is 0. The largest absolute Gasteiger partial charge is 0.456 e. The minimum Gasteiger partial charge on any atom is -0.456 e. The molecule has 0 fully saturated rings. The highest BCUT2D eigenvalue weighted by atomic mass is 32.1. The molecule has 0 N–H and O–H groups in total. The van der Waals surface area contributed by atoms with Gasteiger partial charge >= 0.3 is 0 Å². The Morgan fingerprint density at radius 2 is 1.47 bits per heavy atom. The normalized spacial score (nSPS) is 10.0. The Labute approximate surface area is 95.1 Å². The van der Waals surface area contributed by atoms with Gasteiger partial charge < -0.3 is 4.74 Å². The molecule has 0 bridgehead atoms. The summed E-state index contributed by atoms with van der Waals surface area (Å²) in [4.78, 5) is 0.820. The first kappa shape index (κ1) is 10.1. The minimum atomic E-state index is 0.747. The highest BCUT2D eigenvalue weighted by Gasteiger charge is 2.02. The molecule has 1 nitrogen and oxygen atoms in total. The number of ether oxygens (including phenoxy) is 1. The lowest BCUT2D eigenvalue weighted by Gasteiger charge is -2.09. The van der Waals surface area contributed by atoms with Crippen molar-refractivity contribution in [3.8, 4) is 11.5 Å². The summed E-state index contributed by atoms with van der Waals surface area (Å²) < 4.78 is 5.70. The van der Waals surface area contributed by atoms with Crippen molar-refractivity contribution >= 4 is 12.6 Å². The molecule has 0 aromatic heterocycles. The molecule has 2 aromatic carbocycles. The zero-order valence-electron chi connectivity index (χ0n) is 8.18. The van der Waals surface area contributed by atoms with E-state index in [0.717, 1.165) is 22.0 Å². The van der Waals surface area contributed by atoms with Crippen LogP contribution < -0.4 is 4.74 Å². The van der Waals surface area contributed by atoms with Gasteiger partial charge in [0.15, 0.2) is 0 Å². The van der Waals surface area contributed by atoms with Crippen molar-refractivity contribution < 1.29 is 4.74 Å². The second-order valence-corrected chi connectivity index (χ2v) is 3.66. The van der Waals surface area contributed by atoms with Crippen LogP contribution in [0.3, 0.4) is 0 Å². The van der Waals surface area contributed by atoms with Crippen LogP contribution in [0, 0.1) is 6.92 Å². The minimum absolute atomic E-state index is 0.747. The Morgan fingerprint density at radius 3 is 2.13 bits per heavy atom. The van der Waals surface area contributed by atoms with Gasteiger partial charge in [-0.2, -0.15) is 0 Å². The summed E-state index contributed by atoms with van der Waals surface area (Å²) in [5, 5.41) is 0. The second kappa shape index (κ2) is 4.41. The molecule has 0 aliphatic heterocycles. The van der Waals surface area contributed by atoms with Crippen molar-refractivity contribution in [3.05, 3.63) is 61.0 Å². The molecule has 2 rings (SSSR count). The van der Waals surface area contributed by atoms with E-state index in [2.05, 4.69) is 19.6 Å². The molecule has 1 radical (unpaired) electrons. The summed E-state index contributed by atoms with van der Waals surface area (Å²) in [6.45, 7) is 3.90. The van der Waals surface area contributed by atoms with Gasteiger partial charge in [0.2, 0.25) is 0 Å². The van der Waals surface area contributed by atoms with Crippen LogP contribution in [-0.4, -0.2) is 0 Å². The van der Waals surface area contributed by atoms with Crippen molar-refractivity contribution in [1.29, 1.82) is 0 Å². The fraction of sp³-hybridized carbons (Fsp3) is 0. The third-order valence-electron chi connectivity index (χ3n) is 2.06. The number of para-hydroxylation sites is 2. The first-order valence-electron chi connectivity index (χ1n) is 4.64. The van der Waals surface area contributed by atoms with E-state index < -0.39 is 0 Å². The Bertz CT molecular complexity index is 422. The fourth-order valence-electron chi connectivity index (χ4n) is 1.27. The van der Waals surface area contributed by atoms with Gasteiger partial charge in [0, 0.05) is 4.90 Å². The van der Waals surface area contributed by atoms with Gasteiger partial charge in [0.25, 0.3) is 0 Å². The van der Waals surface area contributed by atoms with Crippen LogP contribution in [0.4, 0.5) is 0 Å². The fourth-order valence-corrected chi connectivity index (χ4v) is 1.47. The average Bonchev–Trinajstić information content (AvgIpc) is 2.24. The smallest absolute Gasteiger partial charge is 0.140 e. The average molecular weight is 215 g/mol.